The van der Waals surface area contributed by atoms with Crippen molar-refractivity contribution in [2.75, 3.05) is 18.9 Å². The summed E-state index contributed by atoms with van der Waals surface area (Å²) in [6.45, 7) is 4.23. The Morgan fingerprint density at radius 1 is 1.22 bits per heavy atom. The fraction of sp³-hybridized carbons (Fsp3) is 0.438. The van der Waals surface area contributed by atoms with Crippen LogP contribution < -0.4 is 16.0 Å². The predicted molar refractivity (Wildman–Crippen MR) is 87.3 cm³/mol. The number of hydrogen-bond acceptors (Lipinski definition) is 5. The van der Waals surface area contributed by atoms with E-state index in [0.29, 0.717) is 11.3 Å². The zero-order chi connectivity index (χ0) is 17.2. The Morgan fingerprint density at radius 3 is 2.57 bits per heavy atom. The van der Waals surface area contributed by atoms with Gasteiger partial charge in [0.05, 0.1) is 5.56 Å². The number of amides is 3. The lowest BCUT2D eigenvalue weighted by molar-refractivity contribution is -0.127. The van der Waals surface area contributed by atoms with E-state index in [0.717, 1.165) is 19.4 Å². The summed E-state index contributed by atoms with van der Waals surface area (Å²) in [6.07, 6.45) is 0.938. The van der Waals surface area contributed by atoms with E-state index in [4.69, 9.17) is 4.74 Å². The molecule has 1 rings (SSSR count). The van der Waals surface area contributed by atoms with Gasteiger partial charge in [-0.05, 0) is 25.5 Å². The highest BCUT2D eigenvalue weighted by Gasteiger charge is 2.21. The number of carbonyl (C=O) groups is 3. The Labute approximate surface area is 135 Å². The molecule has 7 heteroatoms. The average Bonchev–Trinajstić information content (AvgIpc) is 2.55. The summed E-state index contributed by atoms with van der Waals surface area (Å²) in [5.74, 6) is -1.31. The molecule has 0 aromatic heterocycles. The summed E-state index contributed by atoms with van der Waals surface area (Å²) in [7, 11) is 1.39. The Kier molecular flexibility index (Phi) is 7.59. The Hall–Kier alpha value is -2.57. The van der Waals surface area contributed by atoms with Crippen molar-refractivity contribution in [3.05, 3.63) is 29.8 Å². The fourth-order valence-electron chi connectivity index (χ4n) is 1.77. The number of nitrogens with one attached hydrogen (secondary N) is 3. The first-order valence-corrected chi connectivity index (χ1v) is 7.56. The topological polar surface area (TPSA) is 96.5 Å². The zero-order valence-electron chi connectivity index (χ0n) is 13.6. The number of benzene rings is 1. The number of hydrogen-bond donors (Lipinski definition) is 3. The van der Waals surface area contributed by atoms with Gasteiger partial charge in [0.1, 0.15) is 0 Å². The standard InChI is InChI=1S/C16H23N3O4/c1-4-5-10-18-13-9-7-6-8-12(13)15(21)23-11(2)14(20)19-16(22)17-3/h6-9,11,18H,4-5,10H2,1-3H3,(H2,17,19,20,22)/t11-/m0/s1. The van der Waals surface area contributed by atoms with Gasteiger partial charge < -0.3 is 15.4 Å². The van der Waals surface area contributed by atoms with Gasteiger partial charge in [0.2, 0.25) is 0 Å². The highest BCUT2D eigenvalue weighted by molar-refractivity contribution is 6.00. The van der Waals surface area contributed by atoms with Crippen molar-refractivity contribution in [3.63, 3.8) is 0 Å². The third kappa shape index (κ3) is 5.98. The minimum Gasteiger partial charge on any atom is -0.449 e. The second-order valence-corrected chi connectivity index (χ2v) is 4.94. The molecule has 126 valence electrons. The molecule has 0 fully saturated rings. The first-order chi connectivity index (χ1) is 11.0. The third-order valence-electron chi connectivity index (χ3n) is 3.11. The summed E-state index contributed by atoms with van der Waals surface area (Å²) in [6, 6.07) is 6.28. The number of carbonyl (C=O) groups excluding carboxylic acids is 3. The quantitative estimate of drug-likeness (QED) is 0.526. The summed E-state index contributed by atoms with van der Waals surface area (Å²) in [4.78, 5) is 35.0. The van der Waals surface area contributed by atoms with Crippen LogP contribution in [-0.2, 0) is 9.53 Å². The molecule has 0 bridgehead atoms. The van der Waals surface area contributed by atoms with Gasteiger partial charge in [0.25, 0.3) is 5.91 Å². The fourth-order valence-corrected chi connectivity index (χ4v) is 1.77. The number of rotatable bonds is 7. The summed E-state index contributed by atoms with van der Waals surface area (Å²) in [5, 5.41) is 7.49. The van der Waals surface area contributed by atoms with Crippen LogP contribution in [0.25, 0.3) is 0 Å². The van der Waals surface area contributed by atoms with Crippen LogP contribution in [0, 0.1) is 0 Å². The van der Waals surface area contributed by atoms with Gasteiger partial charge in [0, 0.05) is 19.3 Å². The number of unbranched alkanes of at least 4 members (excludes halogenated alkanes) is 1. The van der Waals surface area contributed by atoms with Crippen LogP contribution in [0.1, 0.15) is 37.0 Å². The number of ether oxygens (including phenoxy) is 1. The molecule has 0 heterocycles. The Bertz CT molecular complexity index is 560. The van der Waals surface area contributed by atoms with Crippen LogP contribution in [0.2, 0.25) is 0 Å². The van der Waals surface area contributed by atoms with E-state index in [9.17, 15) is 14.4 Å². The first kappa shape index (κ1) is 18.5. The summed E-state index contributed by atoms with van der Waals surface area (Å²) >= 11 is 0. The van der Waals surface area contributed by atoms with Gasteiger partial charge in [-0.15, -0.1) is 0 Å². The minimum absolute atomic E-state index is 0.350. The average molecular weight is 321 g/mol. The maximum Gasteiger partial charge on any atom is 0.341 e. The van der Waals surface area contributed by atoms with Gasteiger partial charge in [-0.25, -0.2) is 9.59 Å². The van der Waals surface area contributed by atoms with E-state index in [1.165, 1.54) is 14.0 Å². The largest absolute Gasteiger partial charge is 0.449 e. The number of urea groups is 1. The molecule has 3 amide bonds. The van der Waals surface area contributed by atoms with Crippen LogP contribution in [-0.4, -0.2) is 37.6 Å². The molecule has 1 aromatic rings. The molecule has 0 aliphatic rings. The maximum atomic E-state index is 12.2. The molecule has 1 atom stereocenters. The molecule has 3 N–H and O–H groups in total. The zero-order valence-corrected chi connectivity index (χ0v) is 13.6. The lowest BCUT2D eigenvalue weighted by atomic mass is 10.1. The Morgan fingerprint density at radius 2 is 1.91 bits per heavy atom. The second-order valence-electron chi connectivity index (χ2n) is 4.94. The highest BCUT2D eigenvalue weighted by Crippen LogP contribution is 2.17. The SMILES string of the molecule is CCCCNc1ccccc1C(=O)O[C@@H](C)C(=O)NC(=O)NC. The van der Waals surface area contributed by atoms with Crippen LogP contribution in [0.5, 0.6) is 0 Å². The van der Waals surface area contributed by atoms with Gasteiger partial charge in [-0.1, -0.05) is 25.5 Å². The predicted octanol–water partition coefficient (Wildman–Crippen LogP) is 1.90. The number of esters is 1. The van der Waals surface area contributed by atoms with Crippen molar-refractivity contribution < 1.29 is 19.1 Å². The molecule has 0 aliphatic carbocycles. The monoisotopic (exact) mass is 321 g/mol. The van der Waals surface area contributed by atoms with Crippen molar-refractivity contribution in [2.24, 2.45) is 0 Å². The third-order valence-corrected chi connectivity index (χ3v) is 3.11. The normalized spacial score (nSPS) is 11.3. The molecule has 0 spiro atoms. The maximum absolute atomic E-state index is 12.2. The van der Waals surface area contributed by atoms with Crippen LogP contribution in [0.15, 0.2) is 24.3 Å². The molecular weight excluding hydrogens is 298 g/mol. The van der Waals surface area contributed by atoms with E-state index >= 15 is 0 Å². The second kappa shape index (κ2) is 9.45. The van der Waals surface area contributed by atoms with Crippen molar-refractivity contribution in [1.29, 1.82) is 0 Å². The van der Waals surface area contributed by atoms with Crippen molar-refractivity contribution in [1.82, 2.24) is 10.6 Å². The lowest BCUT2D eigenvalue weighted by Gasteiger charge is -2.15. The Balaban J connectivity index is 2.70. The molecular formula is C16H23N3O4. The van der Waals surface area contributed by atoms with E-state index in [1.807, 2.05) is 6.07 Å². The molecule has 0 radical (unpaired) electrons. The van der Waals surface area contributed by atoms with Gasteiger partial charge >= 0.3 is 12.0 Å². The molecule has 1 aromatic carbocycles. The smallest absolute Gasteiger partial charge is 0.341 e. The van der Waals surface area contributed by atoms with Crippen molar-refractivity contribution in [2.45, 2.75) is 32.8 Å². The number of imide groups is 1. The van der Waals surface area contributed by atoms with Gasteiger partial charge in [-0.3, -0.25) is 10.1 Å². The highest BCUT2D eigenvalue weighted by atomic mass is 16.5. The molecule has 0 saturated carbocycles. The molecule has 7 nitrogen and oxygen atoms in total. The van der Waals surface area contributed by atoms with Crippen LogP contribution in [0.4, 0.5) is 10.5 Å². The van der Waals surface area contributed by atoms with Crippen LogP contribution in [0.3, 0.4) is 0 Å². The molecule has 23 heavy (non-hydrogen) atoms. The van der Waals surface area contributed by atoms with Gasteiger partial charge in [0.15, 0.2) is 6.10 Å². The van der Waals surface area contributed by atoms with E-state index < -0.39 is 24.0 Å². The van der Waals surface area contributed by atoms with E-state index in [2.05, 4.69) is 22.9 Å². The van der Waals surface area contributed by atoms with E-state index in [-0.39, 0.29) is 0 Å². The lowest BCUT2D eigenvalue weighted by Crippen LogP contribution is -2.43. The number of para-hydroxylation sites is 1. The van der Waals surface area contributed by atoms with Gasteiger partial charge in [-0.2, -0.15) is 0 Å². The van der Waals surface area contributed by atoms with E-state index in [1.54, 1.807) is 18.2 Å². The summed E-state index contributed by atoms with van der Waals surface area (Å²) in [5.41, 5.74) is 1.01. The van der Waals surface area contributed by atoms with Crippen molar-refractivity contribution >= 4 is 23.6 Å². The molecule has 0 saturated heterocycles. The van der Waals surface area contributed by atoms with Crippen LogP contribution >= 0.6 is 0 Å². The minimum atomic E-state index is -1.08. The van der Waals surface area contributed by atoms with Crippen molar-refractivity contribution in [3.8, 4) is 0 Å². The first-order valence-electron chi connectivity index (χ1n) is 7.56. The number of anilines is 1. The molecule has 0 aliphatic heterocycles. The summed E-state index contributed by atoms with van der Waals surface area (Å²) < 4.78 is 5.12. The molecule has 0 unspecified atom stereocenters.